The molecule has 1 heterocycles. The molecule has 2 N–H and O–H groups in total. The molecule has 3 rings (SSSR count). The molecule has 0 aromatic heterocycles. The molecule has 0 aliphatic carbocycles. The molecule has 1 saturated heterocycles. The lowest BCUT2D eigenvalue weighted by atomic mass is 10.0. The Balaban J connectivity index is 0.00000320. The van der Waals surface area contributed by atoms with E-state index in [1.54, 1.807) is 21.3 Å². The highest BCUT2D eigenvalue weighted by Crippen LogP contribution is 2.30. The molecule has 0 saturated carbocycles. The normalized spacial score (nSPS) is 16.3. The van der Waals surface area contributed by atoms with Crippen LogP contribution >= 0.6 is 12.4 Å². The Morgan fingerprint density at radius 3 is 2.53 bits per heavy atom. The van der Waals surface area contributed by atoms with Crippen LogP contribution in [0.5, 0.6) is 17.2 Å². The first-order valence-corrected chi connectivity index (χ1v) is 9.71. The Kier molecular flexibility index (Phi) is 9.23. The number of halogens is 1. The lowest BCUT2D eigenvalue weighted by molar-refractivity contribution is -0.123. The zero-order chi connectivity index (χ0) is 20.6. The van der Waals surface area contributed by atoms with E-state index >= 15 is 0 Å². The van der Waals surface area contributed by atoms with Gasteiger partial charge < -0.3 is 24.8 Å². The molecule has 1 fully saturated rings. The van der Waals surface area contributed by atoms with Crippen molar-refractivity contribution in [3.05, 3.63) is 53.6 Å². The maximum atomic E-state index is 12.6. The van der Waals surface area contributed by atoms with E-state index in [9.17, 15) is 4.79 Å². The quantitative estimate of drug-likeness (QED) is 0.663. The van der Waals surface area contributed by atoms with Gasteiger partial charge in [-0.2, -0.15) is 0 Å². The number of para-hydroxylation sites is 1. The van der Waals surface area contributed by atoms with E-state index in [0.717, 1.165) is 36.5 Å². The highest BCUT2D eigenvalue weighted by atomic mass is 35.5. The number of methoxy groups -OCH3 is 3. The molecule has 1 unspecified atom stereocenters. The predicted molar refractivity (Wildman–Crippen MR) is 119 cm³/mol. The summed E-state index contributed by atoms with van der Waals surface area (Å²) in [5.41, 5.74) is 2.05. The number of hydrogen-bond donors (Lipinski definition) is 2. The van der Waals surface area contributed by atoms with Crippen LogP contribution in [0, 0.1) is 0 Å². The largest absolute Gasteiger partial charge is 0.496 e. The minimum absolute atomic E-state index is 0. The van der Waals surface area contributed by atoms with Gasteiger partial charge in [0.1, 0.15) is 5.75 Å². The van der Waals surface area contributed by atoms with Crippen molar-refractivity contribution in [1.29, 1.82) is 0 Å². The molecule has 0 bridgehead atoms. The van der Waals surface area contributed by atoms with E-state index in [1.165, 1.54) is 0 Å². The number of nitrogens with one attached hydrogen (secondary N) is 2. The van der Waals surface area contributed by atoms with Gasteiger partial charge in [0.2, 0.25) is 5.91 Å². The third-order valence-corrected chi connectivity index (χ3v) is 5.14. The van der Waals surface area contributed by atoms with Crippen LogP contribution in [0.25, 0.3) is 0 Å². The molecule has 1 atom stereocenters. The SMILES string of the molecule is COc1ccc(CNC(=O)CN2CCNCC2c2ccccc2OC)cc1OC.Cl. The number of carbonyl (C=O) groups is 1. The van der Waals surface area contributed by atoms with Crippen LogP contribution < -0.4 is 24.8 Å². The van der Waals surface area contributed by atoms with Gasteiger partial charge in [-0.1, -0.05) is 24.3 Å². The first kappa shape index (κ1) is 23.8. The van der Waals surface area contributed by atoms with Gasteiger partial charge in [0, 0.05) is 31.7 Å². The van der Waals surface area contributed by atoms with E-state index in [-0.39, 0.29) is 24.4 Å². The molecule has 7 nitrogen and oxygen atoms in total. The Bertz CT molecular complexity index is 834. The standard InChI is InChI=1S/C22H29N3O4.ClH/c1-27-19-7-5-4-6-17(19)18-14-23-10-11-25(18)15-22(26)24-13-16-8-9-20(28-2)21(12-16)29-3;/h4-9,12,18,23H,10-11,13-15H2,1-3H3,(H,24,26);1H. The van der Waals surface area contributed by atoms with Gasteiger partial charge in [-0.25, -0.2) is 0 Å². The monoisotopic (exact) mass is 435 g/mol. The molecule has 1 aliphatic heterocycles. The molecular formula is C22H30ClN3O4. The Morgan fingerprint density at radius 1 is 1.07 bits per heavy atom. The van der Waals surface area contributed by atoms with Crippen molar-refractivity contribution in [2.75, 3.05) is 47.5 Å². The second-order valence-corrected chi connectivity index (χ2v) is 6.90. The predicted octanol–water partition coefficient (Wildman–Crippen LogP) is 2.40. The lowest BCUT2D eigenvalue weighted by Gasteiger charge is -2.36. The van der Waals surface area contributed by atoms with Crippen molar-refractivity contribution in [2.45, 2.75) is 12.6 Å². The zero-order valence-corrected chi connectivity index (χ0v) is 18.5. The number of benzene rings is 2. The number of piperazine rings is 1. The Morgan fingerprint density at radius 2 is 1.80 bits per heavy atom. The lowest BCUT2D eigenvalue weighted by Crippen LogP contribution is -2.49. The average molecular weight is 436 g/mol. The third-order valence-electron chi connectivity index (χ3n) is 5.14. The Hall–Kier alpha value is -2.48. The van der Waals surface area contributed by atoms with Crippen LogP contribution in [0.3, 0.4) is 0 Å². The molecule has 0 radical (unpaired) electrons. The van der Waals surface area contributed by atoms with Crippen molar-refractivity contribution >= 4 is 18.3 Å². The van der Waals surface area contributed by atoms with Crippen molar-refractivity contribution in [3.8, 4) is 17.2 Å². The maximum Gasteiger partial charge on any atom is 0.234 e. The van der Waals surface area contributed by atoms with Gasteiger partial charge in [0.05, 0.1) is 33.9 Å². The second-order valence-electron chi connectivity index (χ2n) is 6.90. The fourth-order valence-electron chi connectivity index (χ4n) is 3.62. The van der Waals surface area contributed by atoms with Crippen molar-refractivity contribution < 1.29 is 19.0 Å². The summed E-state index contributed by atoms with van der Waals surface area (Å²) in [4.78, 5) is 14.8. The fourth-order valence-corrected chi connectivity index (χ4v) is 3.62. The summed E-state index contributed by atoms with van der Waals surface area (Å²) in [5, 5.41) is 6.42. The molecule has 2 aromatic carbocycles. The molecular weight excluding hydrogens is 406 g/mol. The van der Waals surface area contributed by atoms with Gasteiger partial charge in [-0.15, -0.1) is 12.4 Å². The van der Waals surface area contributed by atoms with E-state index < -0.39 is 0 Å². The van der Waals surface area contributed by atoms with E-state index in [4.69, 9.17) is 14.2 Å². The fraction of sp³-hybridized carbons (Fsp3) is 0.409. The number of carbonyl (C=O) groups excluding carboxylic acids is 1. The number of nitrogens with zero attached hydrogens (tertiary/aromatic N) is 1. The summed E-state index contributed by atoms with van der Waals surface area (Å²) < 4.78 is 16.1. The zero-order valence-electron chi connectivity index (χ0n) is 17.6. The summed E-state index contributed by atoms with van der Waals surface area (Å²) in [5.74, 6) is 2.15. The summed E-state index contributed by atoms with van der Waals surface area (Å²) in [6.45, 7) is 3.20. The summed E-state index contributed by atoms with van der Waals surface area (Å²) >= 11 is 0. The maximum absolute atomic E-state index is 12.6. The average Bonchev–Trinajstić information content (AvgIpc) is 2.77. The van der Waals surface area contributed by atoms with Gasteiger partial charge in [-0.05, 0) is 23.8 Å². The molecule has 164 valence electrons. The van der Waals surface area contributed by atoms with Gasteiger partial charge >= 0.3 is 0 Å². The summed E-state index contributed by atoms with van der Waals surface area (Å²) in [6.07, 6.45) is 0. The molecule has 1 amide bonds. The van der Waals surface area contributed by atoms with Crippen LogP contribution in [-0.2, 0) is 11.3 Å². The highest BCUT2D eigenvalue weighted by Gasteiger charge is 2.27. The summed E-state index contributed by atoms with van der Waals surface area (Å²) in [6, 6.07) is 13.7. The highest BCUT2D eigenvalue weighted by molar-refractivity contribution is 5.85. The van der Waals surface area contributed by atoms with Crippen molar-refractivity contribution in [1.82, 2.24) is 15.5 Å². The number of amides is 1. The molecule has 2 aromatic rings. The van der Waals surface area contributed by atoms with E-state index in [1.807, 2.05) is 36.4 Å². The topological polar surface area (TPSA) is 72.1 Å². The molecule has 8 heteroatoms. The van der Waals surface area contributed by atoms with Crippen molar-refractivity contribution in [3.63, 3.8) is 0 Å². The van der Waals surface area contributed by atoms with Crippen molar-refractivity contribution in [2.24, 2.45) is 0 Å². The van der Waals surface area contributed by atoms with E-state index in [0.29, 0.717) is 24.6 Å². The van der Waals surface area contributed by atoms with Gasteiger partial charge in [0.25, 0.3) is 0 Å². The van der Waals surface area contributed by atoms with Gasteiger partial charge in [0.15, 0.2) is 11.5 Å². The number of hydrogen-bond acceptors (Lipinski definition) is 6. The molecule has 1 aliphatic rings. The van der Waals surface area contributed by atoms with Crippen LogP contribution in [0.15, 0.2) is 42.5 Å². The first-order valence-electron chi connectivity index (χ1n) is 9.71. The molecule has 30 heavy (non-hydrogen) atoms. The summed E-state index contributed by atoms with van der Waals surface area (Å²) in [7, 11) is 4.88. The first-order chi connectivity index (χ1) is 14.2. The Labute approximate surface area is 184 Å². The number of ether oxygens (including phenoxy) is 3. The number of rotatable bonds is 8. The molecule has 0 spiro atoms. The van der Waals surface area contributed by atoms with E-state index in [2.05, 4.69) is 21.6 Å². The van der Waals surface area contributed by atoms with Crippen LogP contribution in [0.4, 0.5) is 0 Å². The third kappa shape index (κ3) is 5.78. The van der Waals surface area contributed by atoms with Crippen LogP contribution in [0.1, 0.15) is 17.2 Å². The smallest absolute Gasteiger partial charge is 0.234 e. The second kappa shape index (κ2) is 11.6. The minimum atomic E-state index is -0.0124. The van der Waals surface area contributed by atoms with Gasteiger partial charge in [-0.3, -0.25) is 9.69 Å². The minimum Gasteiger partial charge on any atom is -0.496 e. The van der Waals surface area contributed by atoms with Crippen LogP contribution in [0.2, 0.25) is 0 Å². The van der Waals surface area contributed by atoms with Crippen LogP contribution in [-0.4, -0.2) is 58.3 Å².